The molecule has 1 nitrogen and oxygen atoms in total. The first-order chi connectivity index (χ1) is 6.75. The minimum absolute atomic E-state index is 0.546. The molecule has 1 aromatic carbocycles. The first kappa shape index (κ1) is 10.1. The first-order valence-corrected chi connectivity index (χ1v) is 6.31. The summed E-state index contributed by atoms with van der Waals surface area (Å²) in [6.45, 7) is 4.39. The minimum Gasteiger partial charge on any atom is -0.306 e. The summed E-state index contributed by atoms with van der Waals surface area (Å²) in [7, 11) is 0. The molecule has 14 heavy (non-hydrogen) atoms. The highest BCUT2D eigenvalue weighted by atomic mass is 32.2. The lowest BCUT2D eigenvalue weighted by Gasteiger charge is -2.28. The van der Waals surface area contributed by atoms with Gasteiger partial charge in [-0.3, -0.25) is 0 Å². The van der Waals surface area contributed by atoms with Crippen molar-refractivity contribution >= 4 is 11.8 Å². The topological polar surface area (TPSA) is 12.0 Å². The smallest absolute Gasteiger partial charge is 0.0414 e. The van der Waals surface area contributed by atoms with Gasteiger partial charge in [0, 0.05) is 23.6 Å². The van der Waals surface area contributed by atoms with Crippen molar-refractivity contribution in [2.75, 3.05) is 11.5 Å². The normalized spacial score (nSPS) is 27.6. The number of hydrogen-bond acceptors (Lipinski definition) is 2. The molecule has 0 bridgehead atoms. The summed E-state index contributed by atoms with van der Waals surface area (Å²) in [5.41, 5.74) is 2.76. The SMILES string of the molecule is Cc1ccc(C2CSCC(C)N2)cc1. The lowest BCUT2D eigenvalue weighted by molar-refractivity contribution is 0.502. The highest BCUT2D eigenvalue weighted by Gasteiger charge is 2.18. The van der Waals surface area contributed by atoms with Crippen LogP contribution >= 0.6 is 11.8 Å². The second kappa shape index (κ2) is 4.37. The van der Waals surface area contributed by atoms with E-state index in [1.165, 1.54) is 22.6 Å². The van der Waals surface area contributed by atoms with Gasteiger partial charge >= 0.3 is 0 Å². The summed E-state index contributed by atoms with van der Waals surface area (Å²) >= 11 is 2.05. The van der Waals surface area contributed by atoms with E-state index in [9.17, 15) is 0 Å². The maximum absolute atomic E-state index is 3.63. The van der Waals surface area contributed by atoms with Gasteiger partial charge < -0.3 is 5.32 Å². The Bertz CT molecular complexity index is 294. The van der Waals surface area contributed by atoms with Crippen LogP contribution in [0.5, 0.6) is 0 Å². The third kappa shape index (κ3) is 2.31. The fourth-order valence-corrected chi connectivity index (χ4v) is 2.90. The van der Waals surface area contributed by atoms with E-state index in [-0.39, 0.29) is 0 Å². The molecule has 1 N–H and O–H groups in total. The molecule has 0 aromatic heterocycles. The number of nitrogens with one attached hydrogen (secondary N) is 1. The highest BCUT2D eigenvalue weighted by Crippen LogP contribution is 2.24. The zero-order chi connectivity index (χ0) is 9.97. The van der Waals surface area contributed by atoms with Crippen molar-refractivity contribution < 1.29 is 0 Å². The average molecular weight is 207 g/mol. The molecule has 0 spiro atoms. The zero-order valence-corrected chi connectivity index (χ0v) is 9.60. The molecular formula is C12H17NS. The van der Waals surface area contributed by atoms with Gasteiger partial charge in [-0.05, 0) is 19.4 Å². The maximum Gasteiger partial charge on any atom is 0.0414 e. The Morgan fingerprint density at radius 3 is 2.57 bits per heavy atom. The number of hydrogen-bond donors (Lipinski definition) is 1. The van der Waals surface area contributed by atoms with E-state index in [1.807, 2.05) is 11.8 Å². The number of rotatable bonds is 1. The van der Waals surface area contributed by atoms with E-state index in [1.54, 1.807) is 0 Å². The Morgan fingerprint density at radius 1 is 1.21 bits per heavy atom. The van der Waals surface area contributed by atoms with Crippen LogP contribution in [0.3, 0.4) is 0 Å². The second-order valence-electron chi connectivity index (χ2n) is 4.07. The van der Waals surface area contributed by atoms with Gasteiger partial charge in [0.05, 0.1) is 0 Å². The number of aryl methyl sites for hydroxylation is 1. The molecule has 0 aliphatic carbocycles. The van der Waals surface area contributed by atoms with Crippen molar-refractivity contribution in [2.45, 2.75) is 25.9 Å². The average Bonchev–Trinajstić information content (AvgIpc) is 2.19. The monoisotopic (exact) mass is 207 g/mol. The summed E-state index contributed by atoms with van der Waals surface area (Å²) in [5, 5.41) is 3.63. The molecule has 2 unspecified atom stereocenters. The predicted molar refractivity (Wildman–Crippen MR) is 63.8 cm³/mol. The molecule has 0 amide bonds. The molecular weight excluding hydrogens is 190 g/mol. The van der Waals surface area contributed by atoms with Crippen molar-refractivity contribution in [1.29, 1.82) is 0 Å². The van der Waals surface area contributed by atoms with Crippen LogP contribution < -0.4 is 5.32 Å². The molecule has 0 saturated carbocycles. The summed E-state index contributed by atoms with van der Waals surface area (Å²) in [6.07, 6.45) is 0. The summed E-state index contributed by atoms with van der Waals surface area (Å²) in [4.78, 5) is 0. The van der Waals surface area contributed by atoms with E-state index in [2.05, 4.69) is 43.4 Å². The Hall–Kier alpha value is -0.470. The van der Waals surface area contributed by atoms with E-state index >= 15 is 0 Å². The Morgan fingerprint density at radius 2 is 1.93 bits per heavy atom. The quantitative estimate of drug-likeness (QED) is 0.760. The lowest BCUT2D eigenvalue weighted by Crippen LogP contribution is -2.37. The summed E-state index contributed by atoms with van der Waals surface area (Å²) < 4.78 is 0. The fourth-order valence-electron chi connectivity index (χ4n) is 1.79. The van der Waals surface area contributed by atoms with Gasteiger partial charge in [-0.25, -0.2) is 0 Å². The van der Waals surface area contributed by atoms with Gasteiger partial charge in [-0.1, -0.05) is 29.8 Å². The number of thioether (sulfide) groups is 1. The van der Waals surface area contributed by atoms with Crippen LogP contribution in [0.1, 0.15) is 24.1 Å². The molecule has 1 aliphatic rings. The largest absolute Gasteiger partial charge is 0.306 e. The molecule has 2 atom stereocenters. The number of benzene rings is 1. The molecule has 2 heteroatoms. The van der Waals surface area contributed by atoms with Crippen LogP contribution in [0.25, 0.3) is 0 Å². The second-order valence-corrected chi connectivity index (χ2v) is 5.14. The van der Waals surface area contributed by atoms with Crippen LogP contribution in [0, 0.1) is 6.92 Å². The van der Waals surface area contributed by atoms with Gasteiger partial charge in [0.1, 0.15) is 0 Å². The summed E-state index contributed by atoms with van der Waals surface area (Å²) in [6, 6.07) is 10.1. The van der Waals surface area contributed by atoms with Crippen LogP contribution in [0.4, 0.5) is 0 Å². The van der Waals surface area contributed by atoms with E-state index in [0.717, 1.165) is 0 Å². The molecule has 2 rings (SSSR count). The molecule has 1 aliphatic heterocycles. The van der Waals surface area contributed by atoms with Gasteiger partial charge in [-0.2, -0.15) is 11.8 Å². The first-order valence-electron chi connectivity index (χ1n) is 5.16. The summed E-state index contributed by atoms with van der Waals surface area (Å²) in [5.74, 6) is 2.44. The molecule has 1 saturated heterocycles. The highest BCUT2D eigenvalue weighted by molar-refractivity contribution is 7.99. The van der Waals surface area contributed by atoms with Gasteiger partial charge in [-0.15, -0.1) is 0 Å². The van der Waals surface area contributed by atoms with E-state index in [0.29, 0.717) is 12.1 Å². The van der Waals surface area contributed by atoms with Crippen LogP contribution in [-0.2, 0) is 0 Å². The Kier molecular flexibility index (Phi) is 3.14. The standard InChI is InChI=1S/C12H17NS/c1-9-3-5-11(6-4-9)12-8-14-7-10(2)13-12/h3-6,10,12-13H,7-8H2,1-2H3. The molecule has 1 heterocycles. The van der Waals surface area contributed by atoms with Gasteiger partial charge in [0.2, 0.25) is 0 Å². The van der Waals surface area contributed by atoms with Crippen molar-refractivity contribution in [3.63, 3.8) is 0 Å². The van der Waals surface area contributed by atoms with Crippen LogP contribution in [0.2, 0.25) is 0 Å². The fraction of sp³-hybridized carbons (Fsp3) is 0.500. The van der Waals surface area contributed by atoms with E-state index in [4.69, 9.17) is 0 Å². The van der Waals surface area contributed by atoms with E-state index < -0.39 is 0 Å². The van der Waals surface area contributed by atoms with Crippen molar-refractivity contribution in [3.8, 4) is 0 Å². The van der Waals surface area contributed by atoms with Gasteiger partial charge in [0.15, 0.2) is 0 Å². The van der Waals surface area contributed by atoms with Gasteiger partial charge in [0.25, 0.3) is 0 Å². The predicted octanol–water partition coefficient (Wildman–Crippen LogP) is 2.76. The van der Waals surface area contributed by atoms with Crippen LogP contribution in [-0.4, -0.2) is 17.5 Å². The third-order valence-corrected chi connectivity index (χ3v) is 3.92. The zero-order valence-electron chi connectivity index (χ0n) is 8.79. The van der Waals surface area contributed by atoms with Crippen molar-refractivity contribution in [2.24, 2.45) is 0 Å². The molecule has 76 valence electrons. The molecule has 1 fully saturated rings. The molecule has 1 aromatic rings. The molecule has 0 radical (unpaired) electrons. The van der Waals surface area contributed by atoms with Crippen molar-refractivity contribution in [1.82, 2.24) is 5.32 Å². The van der Waals surface area contributed by atoms with Crippen LogP contribution in [0.15, 0.2) is 24.3 Å². The Labute approximate surface area is 90.3 Å². The minimum atomic E-state index is 0.546. The maximum atomic E-state index is 3.63. The lowest BCUT2D eigenvalue weighted by atomic mass is 10.1. The third-order valence-electron chi connectivity index (χ3n) is 2.62. The van der Waals surface area contributed by atoms with Crippen molar-refractivity contribution in [3.05, 3.63) is 35.4 Å². The Balaban J connectivity index is 2.10.